The molecule has 0 aliphatic carbocycles. The lowest BCUT2D eigenvalue weighted by atomic mass is 9.97. The third-order valence-electron chi connectivity index (χ3n) is 19.7. The number of aryl methyl sites for hydroxylation is 4. The number of aromatic nitrogens is 7. The molecule has 0 saturated carbocycles. The minimum absolute atomic E-state index is 0.199. The van der Waals surface area contributed by atoms with Gasteiger partial charge in [-0.25, -0.2) is 34.5 Å². The van der Waals surface area contributed by atoms with Crippen molar-refractivity contribution in [1.82, 2.24) is 35.1 Å². The fraction of sp³-hybridized carbons (Fsp3) is 0.125. The Labute approximate surface area is 712 Å². The van der Waals surface area contributed by atoms with Gasteiger partial charge in [0.25, 0.3) is 0 Å². The summed E-state index contributed by atoms with van der Waals surface area (Å²) in [6, 6.07) is 111. The topological polar surface area (TPSA) is 249 Å². The van der Waals surface area contributed by atoms with Gasteiger partial charge in [-0.2, -0.15) is 5.10 Å². The maximum atomic E-state index is 11.5. The molecule has 17 rings (SSSR count). The molecule has 0 radical (unpaired) electrons. The smallest absolute Gasteiger partial charge is 0.341 e. The SMILES string of the molecule is C(=C\c1cccc(-c2ncn[nH]2)c1)/c1ccc(OCc2ccc3ccccc3n2)cc1.CC(=O)Cc1ccccc1CCc1ccc(OCc2ccc3ccccc3n2)cc1.O=C(O)COc1ccc(CCc2ccc(OCc3ccc4ccccc4n3)cc2)cc1.O=C(O)COc1ccccc1COc1cccc(OCc2ccc3ccccc3n2)c1. The van der Waals surface area contributed by atoms with Crippen molar-refractivity contribution in [3.05, 3.63) is 413 Å². The molecule has 123 heavy (non-hydrogen) atoms. The van der Waals surface area contributed by atoms with Crippen molar-refractivity contribution in [3.8, 4) is 51.6 Å². The number of aromatic amines is 1. The van der Waals surface area contributed by atoms with Crippen LogP contribution in [0.5, 0.6) is 40.2 Å². The highest BCUT2D eigenvalue weighted by Gasteiger charge is 2.13. The van der Waals surface area contributed by atoms with Crippen LogP contribution in [0.25, 0.3) is 67.2 Å². The molecule has 12 aromatic carbocycles. The molecule has 17 aromatic rings. The van der Waals surface area contributed by atoms with E-state index in [0.29, 0.717) is 55.8 Å². The largest absolute Gasteiger partial charge is 0.489 e. The monoisotopic (exact) mass is 1630 g/mol. The zero-order chi connectivity index (χ0) is 84.6. The molecule has 0 bridgehead atoms. The number of nitrogens with zero attached hydrogens (tertiary/aromatic N) is 6. The number of fused-ring (bicyclic) bond motifs is 4. The molecular weight excluding hydrogens is 1540 g/mol. The molecule has 19 nitrogen and oxygen atoms in total. The van der Waals surface area contributed by atoms with E-state index in [9.17, 15) is 14.4 Å². The summed E-state index contributed by atoms with van der Waals surface area (Å²) in [5, 5.41) is 28.7. The van der Waals surface area contributed by atoms with Gasteiger partial charge in [-0.1, -0.05) is 224 Å². The van der Waals surface area contributed by atoms with Crippen LogP contribution in [0.2, 0.25) is 0 Å². The summed E-state index contributed by atoms with van der Waals surface area (Å²) in [6.45, 7) is 2.82. The van der Waals surface area contributed by atoms with Gasteiger partial charge in [0.1, 0.15) is 85.4 Å². The van der Waals surface area contributed by atoms with E-state index in [-0.39, 0.29) is 19.0 Å². The van der Waals surface area contributed by atoms with Crippen molar-refractivity contribution in [2.45, 2.75) is 72.1 Å². The van der Waals surface area contributed by atoms with Gasteiger partial charge in [0.05, 0.1) is 44.8 Å². The lowest BCUT2D eigenvalue weighted by Gasteiger charge is -2.12. The number of hydrogen-bond donors (Lipinski definition) is 3. The fourth-order valence-electron chi connectivity index (χ4n) is 13.3. The van der Waals surface area contributed by atoms with Gasteiger partial charge in [0.15, 0.2) is 19.0 Å². The average molecular weight is 1630 g/mol. The first-order valence-electron chi connectivity index (χ1n) is 40.3. The minimum Gasteiger partial charge on any atom is -0.489 e. The van der Waals surface area contributed by atoms with Crippen molar-refractivity contribution in [2.24, 2.45) is 0 Å². The molecule has 0 unspecified atom stereocenters. The van der Waals surface area contributed by atoms with Gasteiger partial charge >= 0.3 is 11.9 Å². The second kappa shape index (κ2) is 43.2. The molecule has 19 heteroatoms. The number of ketones is 1. The molecule has 0 fully saturated rings. The Hall–Kier alpha value is -15.6. The molecule has 0 saturated heterocycles. The average Bonchev–Trinajstić information content (AvgIpc) is 1.85. The van der Waals surface area contributed by atoms with E-state index in [1.54, 1.807) is 31.2 Å². The number of para-hydroxylation sites is 5. The Morgan fingerprint density at radius 1 is 0.325 bits per heavy atom. The number of ether oxygens (including phenoxy) is 7. The van der Waals surface area contributed by atoms with Gasteiger partial charge in [-0.15, -0.1) is 0 Å². The van der Waals surface area contributed by atoms with Crippen LogP contribution in [0.3, 0.4) is 0 Å². The first-order valence-corrected chi connectivity index (χ1v) is 40.3. The molecule has 0 spiro atoms. The number of hydrogen-bond acceptors (Lipinski definition) is 16. The second-order valence-electron chi connectivity index (χ2n) is 28.8. The molecule has 0 atom stereocenters. The van der Waals surface area contributed by atoms with Crippen LogP contribution in [-0.4, -0.2) is 76.3 Å². The highest BCUT2D eigenvalue weighted by atomic mass is 16.5. The lowest BCUT2D eigenvalue weighted by Crippen LogP contribution is -2.11. The van der Waals surface area contributed by atoms with Crippen LogP contribution < -0.4 is 33.2 Å². The third kappa shape index (κ3) is 25.9. The van der Waals surface area contributed by atoms with Crippen molar-refractivity contribution in [3.63, 3.8) is 0 Å². The maximum Gasteiger partial charge on any atom is 0.341 e. The van der Waals surface area contributed by atoms with Gasteiger partial charge < -0.3 is 43.4 Å². The molecule has 0 aliphatic rings. The number of carboxylic acids is 2. The Bertz CT molecular complexity index is 6370. The number of carbonyl (C=O) groups is 3. The van der Waals surface area contributed by atoms with Gasteiger partial charge in [-0.05, 0) is 193 Å². The van der Waals surface area contributed by atoms with Gasteiger partial charge in [0, 0.05) is 45.2 Å². The van der Waals surface area contributed by atoms with E-state index < -0.39 is 18.5 Å². The number of carboxylic acid groups (broad SMARTS) is 2. The summed E-state index contributed by atoms with van der Waals surface area (Å²) in [6.07, 6.45) is 9.82. The number of carbonyl (C=O) groups excluding carboxylic acids is 1. The number of pyridine rings is 4. The fourth-order valence-corrected chi connectivity index (χ4v) is 13.3. The molecular formula is C104H89N7O12. The summed E-state index contributed by atoms with van der Waals surface area (Å²) in [5.74, 6) is 3.78. The summed E-state index contributed by atoms with van der Waals surface area (Å²) < 4.78 is 40.0. The summed E-state index contributed by atoms with van der Waals surface area (Å²) in [7, 11) is 0. The lowest BCUT2D eigenvalue weighted by molar-refractivity contribution is -0.140. The zero-order valence-electron chi connectivity index (χ0n) is 67.7. The maximum absolute atomic E-state index is 11.5. The Morgan fingerprint density at radius 3 is 1.16 bits per heavy atom. The normalized spacial score (nSPS) is 10.8. The number of Topliss-reactive ketones (excluding diaryl/α,β-unsaturated/α-hetero) is 1. The summed E-state index contributed by atoms with van der Waals surface area (Å²) in [4.78, 5) is 55.5. The number of nitrogens with one attached hydrogen (secondary N) is 1. The predicted octanol–water partition coefficient (Wildman–Crippen LogP) is 21.4. The second-order valence-corrected chi connectivity index (χ2v) is 28.8. The Morgan fingerprint density at radius 2 is 0.707 bits per heavy atom. The minimum atomic E-state index is -1.03. The highest BCUT2D eigenvalue weighted by Crippen LogP contribution is 2.28. The molecule has 5 heterocycles. The molecule has 0 aliphatic heterocycles. The highest BCUT2D eigenvalue weighted by molar-refractivity contribution is 5.82. The molecule has 3 N–H and O–H groups in total. The van der Waals surface area contributed by atoms with Crippen LogP contribution in [0.4, 0.5) is 0 Å². The van der Waals surface area contributed by atoms with E-state index in [1.807, 2.05) is 237 Å². The van der Waals surface area contributed by atoms with E-state index >= 15 is 0 Å². The van der Waals surface area contributed by atoms with E-state index in [4.69, 9.17) is 43.4 Å². The third-order valence-corrected chi connectivity index (χ3v) is 19.7. The standard InChI is InChI=1S/C27H25NO2.C26H20N4O.C26H23NO4.C25H21NO5/c1-20(29)18-24-8-3-2-6-22(24)13-10-21-11-16-26(17-12-21)30-19-25-15-14-23-7-4-5-9-27(23)28-25;1-2-7-25-21(5-1)12-13-23(29-25)17-31-24-14-10-19(11-15-24)8-9-20-4-3-6-22(16-20)26-27-18-28-30-26;28-26(29)18-31-24-15-9-20(10-16-24)6-5-19-7-13-23(14-8-19)30-17-22-12-11-21-3-1-2-4-25(21)27-22;27-25(28)17-31-24-11-4-2-7-19(24)15-29-21-8-5-9-22(14-21)30-16-20-13-12-18-6-1-3-10-23(18)26-20/h2-9,11-12,14-17H,10,13,18-19H2,1H3;1-16,18H,17H2,(H,27,28,30);1-4,7-16H,5-6,17-18H2,(H,28,29);1-14H,15-17H2,(H,27,28)/b;9-8+;;. The van der Waals surface area contributed by atoms with Crippen molar-refractivity contribution in [1.29, 1.82) is 0 Å². The zero-order valence-corrected chi connectivity index (χ0v) is 67.7. The summed E-state index contributed by atoms with van der Waals surface area (Å²) in [5.41, 5.74) is 17.4. The number of benzene rings is 12. The quantitative estimate of drug-likeness (QED) is 0.0331. The van der Waals surface area contributed by atoms with Gasteiger partial charge in [0.2, 0.25) is 0 Å². The molecule has 0 amide bonds. The van der Waals surface area contributed by atoms with Crippen LogP contribution in [0.15, 0.2) is 346 Å². The van der Waals surface area contributed by atoms with Crippen molar-refractivity contribution < 1.29 is 57.8 Å². The Balaban J connectivity index is 0.000000134. The predicted molar refractivity (Wildman–Crippen MR) is 480 cm³/mol. The van der Waals surface area contributed by atoms with Crippen molar-refractivity contribution >= 4 is 73.5 Å². The van der Waals surface area contributed by atoms with E-state index in [0.717, 1.165) is 143 Å². The van der Waals surface area contributed by atoms with Crippen LogP contribution in [-0.2, 0) is 79.5 Å². The van der Waals surface area contributed by atoms with E-state index in [2.05, 4.69) is 126 Å². The summed E-state index contributed by atoms with van der Waals surface area (Å²) >= 11 is 0. The Kier molecular flexibility index (Phi) is 29.4. The van der Waals surface area contributed by atoms with Crippen LogP contribution in [0, 0.1) is 0 Å². The number of H-pyrrole nitrogens is 1. The number of rotatable bonds is 32. The van der Waals surface area contributed by atoms with Crippen molar-refractivity contribution in [2.75, 3.05) is 13.2 Å². The molecule has 612 valence electrons. The van der Waals surface area contributed by atoms with Crippen LogP contribution in [0.1, 0.15) is 74.2 Å². The number of aliphatic carboxylic acids is 2. The van der Waals surface area contributed by atoms with E-state index in [1.165, 1.54) is 28.6 Å². The van der Waals surface area contributed by atoms with Crippen LogP contribution >= 0.6 is 0 Å². The molecule has 5 aromatic heterocycles. The van der Waals surface area contributed by atoms with Gasteiger partial charge in [-0.3, -0.25) is 9.89 Å². The first kappa shape index (κ1) is 83.8. The first-order chi connectivity index (χ1) is 60.3.